The number of aromatic nitrogens is 6. The van der Waals surface area contributed by atoms with Gasteiger partial charge in [0.25, 0.3) is 5.56 Å². The highest BCUT2D eigenvalue weighted by molar-refractivity contribution is 5.48. The van der Waals surface area contributed by atoms with E-state index in [0.29, 0.717) is 11.6 Å². The molecular formula is C19H19N7O. The third-order valence-corrected chi connectivity index (χ3v) is 5.16. The quantitative estimate of drug-likeness (QED) is 0.542. The molecule has 0 aromatic carbocycles. The molecule has 1 aliphatic heterocycles. The van der Waals surface area contributed by atoms with E-state index in [1.54, 1.807) is 16.7 Å². The molecule has 1 aliphatic rings. The van der Waals surface area contributed by atoms with Crippen molar-refractivity contribution in [2.24, 2.45) is 0 Å². The van der Waals surface area contributed by atoms with E-state index >= 15 is 0 Å². The molecular weight excluding hydrogens is 342 g/mol. The van der Waals surface area contributed by atoms with Gasteiger partial charge in [-0.2, -0.15) is 9.61 Å². The lowest BCUT2D eigenvalue weighted by atomic mass is 9.96. The first-order valence-electron chi connectivity index (χ1n) is 9.11. The van der Waals surface area contributed by atoms with Crippen LogP contribution >= 0.6 is 0 Å². The maximum Gasteiger partial charge on any atom is 0.259 e. The summed E-state index contributed by atoms with van der Waals surface area (Å²) in [4.78, 5) is 19.2. The van der Waals surface area contributed by atoms with Crippen LogP contribution in [0.2, 0.25) is 0 Å². The zero-order valence-corrected chi connectivity index (χ0v) is 15.0. The third kappa shape index (κ3) is 2.73. The SMILES string of the molecule is Cc1ccc2nnc(C3CCN(c4cc(=O)n5ccccc5n4)CC3)n2n1. The van der Waals surface area contributed by atoms with Crippen molar-refractivity contribution in [3.63, 3.8) is 0 Å². The topological polar surface area (TPSA) is 80.7 Å². The number of piperidine rings is 1. The number of rotatable bonds is 2. The molecule has 136 valence electrons. The lowest BCUT2D eigenvalue weighted by Gasteiger charge is -2.31. The first-order valence-corrected chi connectivity index (χ1v) is 9.11. The Kier molecular flexibility index (Phi) is 3.63. The number of anilines is 1. The highest BCUT2D eigenvalue weighted by atomic mass is 16.1. The van der Waals surface area contributed by atoms with Gasteiger partial charge in [0.2, 0.25) is 0 Å². The number of hydrogen-bond donors (Lipinski definition) is 0. The predicted molar refractivity (Wildman–Crippen MR) is 101 cm³/mol. The van der Waals surface area contributed by atoms with Crippen LogP contribution in [0.1, 0.15) is 30.3 Å². The molecule has 5 heterocycles. The lowest BCUT2D eigenvalue weighted by molar-refractivity contribution is 0.474. The second kappa shape index (κ2) is 6.15. The Balaban J connectivity index is 1.40. The summed E-state index contributed by atoms with van der Waals surface area (Å²) < 4.78 is 3.42. The largest absolute Gasteiger partial charge is 0.356 e. The van der Waals surface area contributed by atoms with Crippen LogP contribution in [0.5, 0.6) is 0 Å². The van der Waals surface area contributed by atoms with Gasteiger partial charge in [-0.1, -0.05) is 6.07 Å². The van der Waals surface area contributed by atoms with E-state index in [1.165, 1.54) is 0 Å². The van der Waals surface area contributed by atoms with Gasteiger partial charge in [0.1, 0.15) is 11.5 Å². The molecule has 0 unspecified atom stereocenters. The molecule has 4 aromatic heterocycles. The average Bonchev–Trinajstić information content (AvgIpc) is 3.11. The summed E-state index contributed by atoms with van der Waals surface area (Å²) >= 11 is 0. The van der Waals surface area contributed by atoms with Crippen LogP contribution in [-0.4, -0.2) is 42.3 Å². The minimum absolute atomic E-state index is 0.0548. The van der Waals surface area contributed by atoms with Crippen LogP contribution in [0, 0.1) is 6.92 Å². The van der Waals surface area contributed by atoms with Crippen LogP contribution in [0.3, 0.4) is 0 Å². The molecule has 0 amide bonds. The van der Waals surface area contributed by atoms with Crippen molar-refractivity contribution in [3.8, 4) is 0 Å². The highest BCUT2D eigenvalue weighted by Crippen LogP contribution is 2.28. The smallest absolute Gasteiger partial charge is 0.259 e. The minimum Gasteiger partial charge on any atom is -0.356 e. The molecule has 1 fully saturated rings. The van der Waals surface area contributed by atoms with E-state index in [-0.39, 0.29) is 5.56 Å². The van der Waals surface area contributed by atoms with Crippen molar-refractivity contribution in [3.05, 3.63) is 64.5 Å². The van der Waals surface area contributed by atoms with E-state index in [1.807, 2.05) is 41.8 Å². The minimum atomic E-state index is -0.0548. The summed E-state index contributed by atoms with van der Waals surface area (Å²) in [5.41, 5.74) is 2.34. The van der Waals surface area contributed by atoms with Gasteiger partial charge in [0.05, 0.1) is 5.69 Å². The molecule has 1 saturated heterocycles. The molecule has 8 nitrogen and oxygen atoms in total. The predicted octanol–water partition coefficient (Wildman–Crippen LogP) is 1.82. The van der Waals surface area contributed by atoms with Crippen molar-refractivity contribution in [2.75, 3.05) is 18.0 Å². The number of pyridine rings is 1. The van der Waals surface area contributed by atoms with Gasteiger partial charge in [0.15, 0.2) is 11.5 Å². The average molecular weight is 361 g/mol. The molecule has 0 atom stereocenters. The zero-order chi connectivity index (χ0) is 18.4. The number of hydrogen-bond acceptors (Lipinski definition) is 6. The molecule has 0 radical (unpaired) electrons. The molecule has 0 aliphatic carbocycles. The summed E-state index contributed by atoms with van der Waals surface area (Å²) in [6, 6.07) is 11.1. The van der Waals surface area contributed by atoms with E-state index in [2.05, 4.69) is 25.2 Å². The van der Waals surface area contributed by atoms with Crippen LogP contribution in [0.4, 0.5) is 5.82 Å². The Morgan fingerprint density at radius 3 is 2.74 bits per heavy atom. The third-order valence-electron chi connectivity index (χ3n) is 5.16. The van der Waals surface area contributed by atoms with Gasteiger partial charge < -0.3 is 4.90 Å². The molecule has 5 rings (SSSR count). The fraction of sp³-hybridized carbons (Fsp3) is 0.316. The number of fused-ring (bicyclic) bond motifs is 2. The van der Waals surface area contributed by atoms with Crippen LogP contribution in [0.25, 0.3) is 11.3 Å². The van der Waals surface area contributed by atoms with E-state index in [9.17, 15) is 4.79 Å². The summed E-state index contributed by atoms with van der Waals surface area (Å²) in [5, 5.41) is 13.2. The Labute approximate surface area is 155 Å². The standard InChI is InChI=1S/C19H19N7O/c1-13-5-6-16-21-22-19(26(16)23-13)14-7-10-24(11-8-14)17-12-18(27)25-9-3-2-4-15(25)20-17/h2-6,9,12,14H,7-8,10-11H2,1H3. The highest BCUT2D eigenvalue weighted by Gasteiger charge is 2.26. The lowest BCUT2D eigenvalue weighted by Crippen LogP contribution is -2.35. The summed E-state index contributed by atoms with van der Waals surface area (Å²) in [6.07, 6.45) is 3.59. The fourth-order valence-electron chi connectivity index (χ4n) is 3.72. The van der Waals surface area contributed by atoms with Crippen molar-refractivity contribution in [1.29, 1.82) is 0 Å². The van der Waals surface area contributed by atoms with E-state index < -0.39 is 0 Å². The Morgan fingerprint density at radius 2 is 1.89 bits per heavy atom. The molecule has 0 N–H and O–H groups in total. The normalized spacial score (nSPS) is 15.7. The molecule has 27 heavy (non-hydrogen) atoms. The van der Waals surface area contributed by atoms with Crippen molar-refractivity contribution < 1.29 is 0 Å². The van der Waals surface area contributed by atoms with Gasteiger partial charge in [-0.15, -0.1) is 10.2 Å². The van der Waals surface area contributed by atoms with E-state index in [4.69, 9.17) is 0 Å². The molecule has 8 heteroatoms. The first-order chi connectivity index (χ1) is 13.2. The van der Waals surface area contributed by atoms with Crippen LogP contribution in [-0.2, 0) is 0 Å². The first kappa shape index (κ1) is 15.9. The van der Waals surface area contributed by atoms with Gasteiger partial charge in [-0.3, -0.25) is 9.20 Å². The van der Waals surface area contributed by atoms with Gasteiger partial charge >= 0.3 is 0 Å². The maximum atomic E-state index is 12.3. The Hall–Kier alpha value is -3.29. The van der Waals surface area contributed by atoms with Gasteiger partial charge in [-0.25, -0.2) is 4.98 Å². The molecule has 0 spiro atoms. The second-order valence-corrected chi connectivity index (χ2v) is 6.95. The molecule has 4 aromatic rings. The van der Waals surface area contributed by atoms with Crippen molar-refractivity contribution >= 4 is 17.1 Å². The second-order valence-electron chi connectivity index (χ2n) is 6.95. The Morgan fingerprint density at radius 1 is 1.04 bits per heavy atom. The summed E-state index contributed by atoms with van der Waals surface area (Å²) in [7, 11) is 0. The van der Waals surface area contributed by atoms with Crippen molar-refractivity contribution in [2.45, 2.75) is 25.7 Å². The van der Waals surface area contributed by atoms with Gasteiger partial charge in [-0.05, 0) is 44.0 Å². The molecule has 0 bridgehead atoms. The maximum absolute atomic E-state index is 12.3. The number of aryl methyl sites for hydroxylation is 1. The summed E-state index contributed by atoms with van der Waals surface area (Å²) in [6.45, 7) is 3.61. The van der Waals surface area contributed by atoms with Crippen LogP contribution in [0.15, 0.2) is 47.4 Å². The van der Waals surface area contributed by atoms with Crippen molar-refractivity contribution in [1.82, 2.24) is 29.2 Å². The van der Waals surface area contributed by atoms with Gasteiger partial charge in [0, 0.05) is 31.3 Å². The van der Waals surface area contributed by atoms with Crippen LogP contribution < -0.4 is 10.5 Å². The molecule has 0 saturated carbocycles. The summed E-state index contributed by atoms with van der Waals surface area (Å²) in [5.74, 6) is 1.96. The Bertz CT molecular complexity index is 1190. The fourth-order valence-corrected chi connectivity index (χ4v) is 3.72. The monoisotopic (exact) mass is 361 g/mol. The van der Waals surface area contributed by atoms with E-state index in [0.717, 1.165) is 48.9 Å². The number of nitrogens with zero attached hydrogens (tertiary/aromatic N) is 7. The zero-order valence-electron chi connectivity index (χ0n) is 15.0.